The van der Waals surface area contributed by atoms with Crippen molar-refractivity contribution < 1.29 is 0 Å². The summed E-state index contributed by atoms with van der Waals surface area (Å²) >= 11 is 0. The van der Waals surface area contributed by atoms with E-state index < -0.39 is 0 Å². The number of aliphatic imine (C=N–C) groups is 2. The van der Waals surface area contributed by atoms with Crippen LogP contribution in [0.3, 0.4) is 0 Å². The van der Waals surface area contributed by atoms with Crippen molar-refractivity contribution in [1.29, 1.82) is 0 Å². The van der Waals surface area contributed by atoms with Crippen molar-refractivity contribution in [2.45, 2.75) is 63.8 Å². The predicted octanol–water partition coefficient (Wildman–Crippen LogP) is 5.11. The highest BCUT2D eigenvalue weighted by Gasteiger charge is 2.16. The van der Waals surface area contributed by atoms with Crippen LogP contribution in [0, 0.1) is 0 Å². The first-order valence-corrected chi connectivity index (χ1v) is 8.07. The molecule has 0 aliphatic heterocycles. The van der Waals surface area contributed by atoms with Crippen LogP contribution in [0.25, 0.3) is 0 Å². The van der Waals surface area contributed by atoms with E-state index in [-0.39, 0.29) is 0 Å². The third-order valence-electron chi connectivity index (χ3n) is 4.39. The lowest BCUT2D eigenvalue weighted by Crippen LogP contribution is -2.18. The molecule has 0 atom stereocenters. The molecule has 2 nitrogen and oxygen atoms in total. The Kier molecular flexibility index (Phi) is 4.62. The fraction of sp³-hybridized carbons (Fsp3) is 0.556. The molecule has 2 heteroatoms. The zero-order chi connectivity index (χ0) is 13.6. The number of benzene rings is 1. The molecule has 0 saturated heterocycles. The van der Waals surface area contributed by atoms with Crippen LogP contribution in [0.4, 0.5) is 5.69 Å². The summed E-state index contributed by atoms with van der Waals surface area (Å²) < 4.78 is 0. The molecule has 0 amide bonds. The van der Waals surface area contributed by atoms with Gasteiger partial charge in [0.2, 0.25) is 0 Å². The lowest BCUT2D eigenvalue weighted by Gasteiger charge is -2.22. The van der Waals surface area contributed by atoms with Crippen LogP contribution in [0.1, 0.15) is 57.8 Å². The highest BCUT2D eigenvalue weighted by atomic mass is 14.8. The minimum atomic E-state index is 0.631. The maximum atomic E-state index is 5.00. The minimum Gasteiger partial charge on any atom is -0.291 e. The second-order valence-electron chi connectivity index (χ2n) is 6.00. The Bertz CT molecular complexity index is 469. The van der Waals surface area contributed by atoms with Crippen LogP contribution in [-0.4, -0.2) is 17.5 Å². The molecule has 0 bridgehead atoms. The minimum absolute atomic E-state index is 0.631. The van der Waals surface area contributed by atoms with Crippen LogP contribution in [0.2, 0.25) is 0 Å². The van der Waals surface area contributed by atoms with E-state index in [9.17, 15) is 0 Å². The second kappa shape index (κ2) is 6.83. The molecule has 1 aromatic carbocycles. The van der Waals surface area contributed by atoms with Crippen LogP contribution in [0.15, 0.2) is 40.3 Å². The van der Waals surface area contributed by atoms with E-state index >= 15 is 0 Å². The van der Waals surface area contributed by atoms with Crippen molar-refractivity contribution in [3.8, 4) is 0 Å². The Morgan fingerprint density at radius 1 is 0.750 bits per heavy atom. The van der Waals surface area contributed by atoms with Gasteiger partial charge in [-0.15, -0.1) is 0 Å². The van der Waals surface area contributed by atoms with Gasteiger partial charge in [0.15, 0.2) is 0 Å². The Morgan fingerprint density at radius 3 is 2.10 bits per heavy atom. The molecule has 0 N–H and O–H groups in total. The van der Waals surface area contributed by atoms with Gasteiger partial charge in [0.1, 0.15) is 0 Å². The molecule has 2 aliphatic rings. The normalized spacial score (nSPS) is 20.8. The fourth-order valence-corrected chi connectivity index (χ4v) is 3.22. The Labute approximate surface area is 122 Å². The summed E-state index contributed by atoms with van der Waals surface area (Å²) in [5, 5.41) is 0. The first kappa shape index (κ1) is 13.5. The smallest absolute Gasteiger partial charge is 0.0629 e. The Balaban J connectivity index is 1.56. The summed E-state index contributed by atoms with van der Waals surface area (Å²) in [5.41, 5.74) is 3.89. The average Bonchev–Trinajstić information content (AvgIpc) is 2.51. The molecule has 2 fully saturated rings. The summed E-state index contributed by atoms with van der Waals surface area (Å²) in [6.45, 7) is 0. The molecular formula is C18H24N2. The molecule has 0 spiro atoms. The maximum absolute atomic E-state index is 5.00. The van der Waals surface area contributed by atoms with Gasteiger partial charge in [-0.2, -0.15) is 0 Å². The number of nitrogens with zero attached hydrogens (tertiary/aromatic N) is 2. The first-order chi connectivity index (χ1) is 9.90. The molecule has 0 radical (unpaired) electrons. The standard InChI is InChI=1S/C18H24N2/c1-3-7-15(8-4-1)19-17-11-13-18(14-12-17)20-16-9-5-2-6-10-16/h1,3-4,7-8,16H,2,5-6,9-14H2. The van der Waals surface area contributed by atoms with Crippen LogP contribution < -0.4 is 0 Å². The van der Waals surface area contributed by atoms with E-state index in [1.807, 2.05) is 6.07 Å². The summed E-state index contributed by atoms with van der Waals surface area (Å²) in [5.74, 6) is 0. The molecule has 20 heavy (non-hydrogen) atoms. The SMILES string of the molecule is c1ccc(N=C2CCC(=NC3CCCCC3)CC2)cc1. The third-order valence-corrected chi connectivity index (χ3v) is 4.39. The van der Waals surface area contributed by atoms with Gasteiger partial charge >= 0.3 is 0 Å². The predicted molar refractivity (Wildman–Crippen MR) is 86.3 cm³/mol. The van der Waals surface area contributed by atoms with Gasteiger partial charge in [0.05, 0.1) is 5.69 Å². The van der Waals surface area contributed by atoms with E-state index in [2.05, 4.69) is 24.3 Å². The molecule has 106 valence electrons. The van der Waals surface area contributed by atoms with E-state index in [0.717, 1.165) is 31.4 Å². The fourth-order valence-electron chi connectivity index (χ4n) is 3.22. The van der Waals surface area contributed by atoms with Gasteiger partial charge in [-0.1, -0.05) is 37.5 Å². The zero-order valence-corrected chi connectivity index (χ0v) is 12.2. The van der Waals surface area contributed by atoms with Crippen LogP contribution >= 0.6 is 0 Å². The summed E-state index contributed by atoms with van der Waals surface area (Å²) in [4.78, 5) is 9.76. The second-order valence-corrected chi connectivity index (χ2v) is 6.00. The van der Waals surface area contributed by atoms with Crippen molar-refractivity contribution in [2.24, 2.45) is 9.98 Å². The van der Waals surface area contributed by atoms with Crippen molar-refractivity contribution in [2.75, 3.05) is 0 Å². The van der Waals surface area contributed by atoms with Gasteiger partial charge in [0, 0.05) is 17.5 Å². The topological polar surface area (TPSA) is 24.7 Å². The number of hydrogen-bond acceptors (Lipinski definition) is 2. The van der Waals surface area contributed by atoms with Crippen molar-refractivity contribution >= 4 is 17.1 Å². The summed E-state index contributed by atoms with van der Waals surface area (Å²) in [7, 11) is 0. The molecule has 0 unspecified atom stereocenters. The zero-order valence-electron chi connectivity index (χ0n) is 12.2. The van der Waals surface area contributed by atoms with E-state index in [1.165, 1.54) is 43.5 Å². The lowest BCUT2D eigenvalue weighted by atomic mass is 9.93. The maximum Gasteiger partial charge on any atom is 0.0629 e. The molecule has 0 aromatic heterocycles. The van der Waals surface area contributed by atoms with Crippen LogP contribution in [-0.2, 0) is 0 Å². The average molecular weight is 268 g/mol. The van der Waals surface area contributed by atoms with Gasteiger partial charge in [-0.3, -0.25) is 9.98 Å². The lowest BCUT2D eigenvalue weighted by molar-refractivity contribution is 0.442. The Hall–Kier alpha value is -1.44. The van der Waals surface area contributed by atoms with Gasteiger partial charge in [0.25, 0.3) is 0 Å². The molecule has 2 saturated carbocycles. The largest absolute Gasteiger partial charge is 0.291 e. The number of rotatable bonds is 2. The molecule has 3 rings (SSSR count). The van der Waals surface area contributed by atoms with E-state index in [4.69, 9.17) is 9.98 Å². The molecule has 2 aliphatic carbocycles. The highest BCUT2D eigenvalue weighted by Crippen LogP contribution is 2.24. The summed E-state index contributed by atoms with van der Waals surface area (Å²) in [6, 6.07) is 10.9. The monoisotopic (exact) mass is 268 g/mol. The van der Waals surface area contributed by atoms with Gasteiger partial charge in [-0.05, 0) is 50.7 Å². The van der Waals surface area contributed by atoms with Crippen molar-refractivity contribution in [1.82, 2.24) is 0 Å². The van der Waals surface area contributed by atoms with Gasteiger partial charge < -0.3 is 0 Å². The van der Waals surface area contributed by atoms with Crippen LogP contribution in [0.5, 0.6) is 0 Å². The molecular weight excluding hydrogens is 244 g/mol. The van der Waals surface area contributed by atoms with Gasteiger partial charge in [-0.25, -0.2) is 0 Å². The number of hydrogen-bond donors (Lipinski definition) is 0. The molecule has 0 heterocycles. The molecule has 1 aromatic rings. The third kappa shape index (κ3) is 3.78. The Morgan fingerprint density at radius 2 is 1.40 bits per heavy atom. The highest BCUT2D eigenvalue weighted by molar-refractivity contribution is 5.99. The first-order valence-electron chi connectivity index (χ1n) is 8.07. The van der Waals surface area contributed by atoms with Crippen molar-refractivity contribution in [3.05, 3.63) is 30.3 Å². The van der Waals surface area contributed by atoms with Crippen molar-refractivity contribution in [3.63, 3.8) is 0 Å². The quantitative estimate of drug-likeness (QED) is 0.712. The van der Waals surface area contributed by atoms with E-state index in [0.29, 0.717) is 6.04 Å². The number of para-hydroxylation sites is 1. The summed E-state index contributed by atoms with van der Waals surface area (Å²) in [6.07, 6.45) is 11.2. The van der Waals surface area contributed by atoms with E-state index in [1.54, 1.807) is 0 Å².